The topological polar surface area (TPSA) is 93.4 Å². The summed E-state index contributed by atoms with van der Waals surface area (Å²) in [5, 5.41) is 20.0. The molecule has 1 aliphatic rings. The maximum Gasteiger partial charge on any atom is 0.317 e. The molecular weight excluding hydrogens is 222 g/mol. The minimum Gasteiger partial charge on any atom is -0.481 e. The van der Waals surface area contributed by atoms with Gasteiger partial charge >= 0.3 is 12.0 Å². The number of urea groups is 1. The van der Waals surface area contributed by atoms with E-state index in [1.165, 1.54) is 4.90 Å². The van der Waals surface area contributed by atoms with E-state index in [9.17, 15) is 9.59 Å². The molecule has 0 atom stereocenters. The highest BCUT2D eigenvalue weighted by Crippen LogP contribution is 2.35. The van der Waals surface area contributed by atoms with E-state index >= 15 is 0 Å². The van der Waals surface area contributed by atoms with Crippen molar-refractivity contribution in [2.75, 3.05) is 13.6 Å². The molecule has 0 aromatic rings. The van der Waals surface area contributed by atoms with E-state index in [2.05, 4.69) is 5.32 Å². The van der Waals surface area contributed by atoms with Crippen molar-refractivity contribution in [2.24, 2.45) is 0 Å². The maximum atomic E-state index is 11.8. The predicted molar refractivity (Wildman–Crippen MR) is 60.2 cm³/mol. The normalized spacial score (nSPS) is 16.5. The van der Waals surface area contributed by atoms with Crippen LogP contribution in [0.4, 0.5) is 4.79 Å². The number of nitriles is 1. The molecule has 17 heavy (non-hydrogen) atoms. The van der Waals surface area contributed by atoms with Crippen molar-refractivity contribution in [3.05, 3.63) is 0 Å². The van der Waals surface area contributed by atoms with Gasteiger partial charge in [0.1, 0.15) is 0 Å². The molecule has 0 aromatic carbocycles. The van der Waals surface area contributed by atoms with Crippen LogP contribution in [0.25, 0.3) is 0 Å². The molecule has 6 nitrogen and oxygen atoms in total. The summed E-state index contributed by atoms with van der Waals surface area (Å²) in [5.74, 6) is -0.898. The van der Waals surface area contributed by atoms with Gasteiger partial charge in [0, 0.05) is 13.6 Å². The lowest BCUT2D eigenvalue weighted by Crippen LogP contribution is -2.57. The zero-order valence-corrected chi connectivity index (χ0v) is 9.90. The van der Waals surface area contributed by atoms with Gasteiger partial charge in [0.25, 0.3) is 0 Å². The zero-order valence-electron chi connectivity index (χ0n) is 9.90. The Morgan fingerprint density at radius 1 is 1.53 bits per heavy atom. The second kappa shape index (κ2) is 5.53. The summed E-state index contributed by atoms with van der Waals surface area (Å²) in [6, 6.07) is 1.66. The van der Waals surface area contributed by atoms with Crippen molar-refractivity contribution in [1.29, 1.82) is 5.26 Å². The first-order chi connectivity index (χ1) is 7.99. The van der Waals surface area contributed by atoms with E-state index in [1.807, 2.05) is 6.07 Å². The monoisotopic (exact) mass is 239 g/mol. The van der Waals surface area contributed by atoms with Crippen LogP contribution in [0.5, 0.6) is 0 Å². The average molecular weight is 239 g/mol. The van der Waals surface area contributed by atoms with Crippen LogP contribution in [-0.4, -0.2) is 41.1 Å². The number of hydrogen-bond donors (Lipinski definition) is 2. The summed E-state index contributed by atoms with van der Waals surface area (Å²) >= 11 is 0. The Bertz CT molecular complexity index is 344. The van der Waals surface area contributed by atoms with Crippen molar-refractivity contribution < 1.29 is 14.7 Å². The van der Waals surface area contributed by atoms with Crippen molar-refractivity contribution in [3.8, 4) is 6.07 Å². The summed E-state index contributed by atoms with van der Waals surface area (Å²) in [5.41, 5.74) is -0.580. The Hall–Kier alpha value is -1.77. The highest BCUT2D eigenvalue weighted by molar-refractivity contribution is 5.77. The summed E-state index contributed by atoms with van der Waals surface area (Å²) in [6.45, 7) is 0.353. The Labute approximate surface area is 100 Å². The number of carbonyl (C=O) groups excluding carboxylic acids is 1. The van der Waals surface area contributed by atoms with Gasteiger partial charge in [-0.3, -0.25) is 4.79 Å². The van der Waals surface area contributed by atoms with Crippen molar-refractivity contribution in [2.45, 2.75) is 37.6 Å². The highest BCUT2D eigenvalue weighted by atomic mass is 16.4. The second-order valence-corrected chi connectivity index (χ2v) is 4.46. The van der Waals surface area contributed by atoms with Gasteiger partial charge in [0.2, 0.25) is 0 Å². The van der Waals surface area contributed by atoms with Crippen LogP contribution in [0.1, 0.15) is 32.1 Å². The molecule has 1 aliphatic carbocycles. The zero-order chi connectivity index (χ0) is 12.9. The molecule has 0 heterocycles. The minimum atomic E-state index is -0.898. The molecule has 1 saturated carbocycles. The van der Waals surface area contributed by atoms with Gasteiger partial charge in [-0.2, -0.15) is 5.26 Å². The smallest absolute Gasteiger partial charge is 0.317 e. The molecule has 0 aliphatic heterocycles. The average Bonchev–Trinajstić information content (AvgIpc) is 2.21. The molecule has 0 unspecified atom stereocenters. The van der Waals surface area contributed by atoms with E-state index in [0.29, 0.717) is 19.4 Å². The van der Waals surface area contributed by atoms with Gasteiger partial charge in [-0.1, -0.05) is 0 Å². The standard InChI is InChI=1S/C11H17N3O3/c1-14(7-3-6-12)10(17)13-11(4-2-5-11)8-9(15)16/h2-5,7-8H2,1H3,(H,13,17)(H,15,16). The molecule has 2 amide bonds. The third-order valence-electron chi connectivity index (χ3n) is 3.08. The largest absolute Gasteiger partial charge is 0.481 e. The molecular formula is C11H17N3O3. The van der Waals surface area contributed by atoms with Gasteiger partial charge in [-0.15, -0.1) is 0 Å². The van der Waals surface area contributed by atoms with Crippen LogP contribution >= 0.6 is 0 Å². The predicted octanol–water partition coefficient (Wildman–Crippen LogP) is 0.939. The first-order valence-electron chi connectivity index (χ1n) is 5.61. The Balaban J connectivity index is 2.48. The number of rotatable bonds is 5. The number of carbonyl (C=O) groups is 2. The fourth-order valence-electron chi connectivity index (χ4n) is 1.88. The van der Waals surface area contributed by atoms with Gasteiger partial charge in [0.15, 0.2) is 0 Å². The fraction of sp³-hybridized carbons (Fsp3) is 0.727. The maximum absolute atomic E-state index is 11.8. The van der Waals surface area contributed by atoms with E-state index in [0.717, 1.165) is 6.42 Å². The van der Waals surface area contributed by atoms with Gasteiger partial charge in [-0.25, -0.2) is 4.79 Å². The van der Waals surface area contributed by atoms with E-state index in [1.54, 1.807) is 7.05 Å². The Kier molecular flexibility index (Phi) is 4.32. The van der Waals surface area contributed by atoms with E-state index in [4.69, 9.17) is 10.4 Å². The molecule has 0 aromatic heterocycles. The molecule has 6 heteroatoms. The molecule has 2 N–H and O–H groups in total. The Morgan fingerprint density at radius 3 is 2.59 bits per heavy atom. The molecule has 1 rings (SSSR count). The third-order valence-corrected chi connectivity index (χ3v) is 3.08. The van der Waals surface area contributed by atoms with E-state index < -0.39 is 11.5 Å². The first kappa shape index (κ1) is 13.3. The van der Waals surface area contributed by atoms with Gasteiger partial charge in [0.05, 0.1) is 24.4 Å². The molecule has 1 fully saturated rings. The van der Waals surface area contributed by atoms with Crippen LogP contribution in [0.2, 0.25) is 0 Å². The SMILES string of the molecule is CN(CCC#N)C(=O)NC1(CC(=O)O)CCC1. The van der Waals surface area contributed by atoms with Crippen molar-refractivity contribution >= 4 is 12.0 Å². The number of carboxylic acids is 1. The van der Waals surface area contributed by atoms with Crippen LogP contribution in [0.3, 0.4) is 0 Å². The number of nitrogens with one attached hydrogen (secondary N) is 1. The fourth-order valence-corrected chi connectivity index (χ4v) is 1.88. The van der Waals surface area contributed by atoms with Crippen LogP contribution in [0.15, 0.2) is 0 Å². The lowest BCUT2D eigenvalue weighted by molar-refractivity contribution is -0.139. The van der Waals surface area contributed by atoms with Gasteiger partial charge in [-0.05, 0) is 19.3 Å². The third kappa shape index (κ3) is 3.63. The number of hydrogen-bond acceptors (Lipinski definition) is 3. The quantitative estimate of drug-likeness (QED) is 0.746. The number of amides is 2. The Morgan fingerprint density at radius 2 is 2.18 bits per heavy atom. The molecule has 0 saturated heterocycles. The number of nitrogens with zero attached hydrogens (tertiary/aromatic N) is 2. The highest BCUT2D eigenvalue weighted by Gasteiger charge is 2.40. The first-order valence-corrected chi connectivity index (χ1v) is 5.61. The molecule has 94 valence electrons. The van der Waals surface area contributed by atoms with E-state index in [-0.39, 0.29) is 18.9 Å². The second-order valence-electron chi connectivity index (χ2n) is 4.46. The number of aliphatic carboxylic acids is 1. The molecule has 0 spiro atoms. The van der Waals surface area contributed by atoms with Crippen molar-refractivity contribution in [3.63, 3.8) is 0 Å². The molecule has 0 radical (unpaired) electrons. The summed E-state index contributed by atoms with van der Waals surface area (Å²) < 4.78 is 0. The van der Waals surface area contributed by atoms with Crippen molar-refractivity contribution in [1.82, 2.24) is 10.2 Å². The van der Waals surface area contributed by atoms with Crippen LogP contribution < -0.4 is 5.32 Å². The summed E-state index contributed by atoms with van der Waals surface area (Å²) in [4.78, 5) is 23.9. The minimum absolute atomic E-state index is 0.0369. The summed E-state index contributed by atoms with van der Waals surface area (Å²) in [6.07, 6.45) is 2.59. The molecule has 0 bridgehead atoms. The number of carboxylic acid groups (broad SMARTS) is 1. The lowest BCUT2D eigenvalue weighted by atomic mass is 9.74. The summed E-state index contributed by atoms with van der Waals surface area (Å²) in [7, 11) is 1.60. The van der Waals surface area contributed by atoms with Gasteiger partial charge < -0.3 is 15.3 Å². The van der Waals surface area contributed by atoms with Crippen LogP contribution in [0, 0.1) is 11.3 Å². The van der Waals surface area contributed by atoms with Crippen LogP contribution in [-0.2, 0) is 4.79 Å². The lowest BCUT2D eigenvalue weighted by Gasteiger charge is -2.42.